The fourth-order valence-electron chi connectivity index (χ4n) is 3.85. The smallest absolute Gasteiger partial charge is 0.248 e. The highest BCUT2D eigenvalue weighted by Gasteiger charge is 2.48. The number of aliphatic hydroxyl groups excluding tert-OH is 2. The quantitative estimate of drug-likeness (QED) is 0.761. The monoisotopic (exact) mass is 377 g/mol. The molecule has 2 fully saturated rings. The molecule has 1 aliphatic heterocycles. The lowest BCUT2D eigenvalue weighted by molar-refractivity contribution is -0.133. The van der Waals surface area contributed by atoms with Crippen molar-refractivity contribution in [3.8, 4) is 11.5 Å². The number of likely N-dealkylation sites (tertiary alicyclic amines) is 1. The van der Waals surface area contributed by atoms with E-state index in [0.717, 1.165) is 5.56 Å². The van der Waals surface area contributed by atoms with Gasteiger partial charge >= 0.3 is 0 Å². The third-order valence-electron chi connectivity index (χ3n) is 6.44. The SMILES string of the molecule is COc1ccc(C2CN(C(=O)CO)CC2(C)C(C)O)cc1OCC1(C)CC1. The predicted octanol–water partition coefficient (Wildman–Crippen LogP) is 2.18. The maximum Gasteiger partial charge on any atom is 0.248 e. The van der Waals surface area contributed by atoms with Crippen LogP contribution in [-0.4, -0.2) is 60.5 Å². The van der Waals surface area contributed by atoms with Crippen molar-refractivity contribution in [3.63, 3.8) is 0 Å². The molecule has 6 heteroatoms. The molecule has 2 N–H and O–H groups in total. The number of hydrogen-bond donors (Lipinski definition) is 2. The fraction of sp³-hybridized carbons (Fsp3) is 0.667. The normalized spacial score (nSPS) is 27.3. The Labute approximate surface area is 161 Å². The van der Waals surface area contributed by atoms with Crippen LogP contribution in [0, 0.1) is 10.8 Å². The van der Waals surface area contributed by atoms with Crippen LogP contribution in [-0.2, 0) is 4.79 Å². The van der Waals surface area contributed by atoms with Crippen molar-refractivity contribution >= 4 is 5.91 Å². The van der Waals surface area contributed by atoms with E-state index in [-0.39, 0.29) is 17.2 Å². The summed E-state index contributed by atoms with van der Waals surface area (Å²) in [6, 6.07) is 5.84. The lowest BCUT2D eigenvalue weighted by atomic mass is 9.72. The number of methoxy groups -OCH3 is 1. The van der Waals surface area contributed by atoms with Gasteiger partial charge in [0, 0.05) is 29.8 Å². The van der Waals surface area contributed by atoms with Gasteiger partial charge in [-0.15, -0.1) is 0 Å². The van der Waals surface area contributed by atoms with E-state index in [1.54, 1.807) is 18.9 Å². The van der Waals surface area contributed by atoms with Gasteiger partial charge in [-0.25, -0.2) is 0 Å². The van der Waals surface area contributed by atoms with Gasteiger partial charge < -0.3 is 24.6 Å². The van der Waals surface area contributed by atoms with E-state index in [9.17, 15) is 15.0 Å². The van der Waals surface area contributed by atoms with Crippen LogP contribution in [0.25, 0.3) is 0 Å². The van der Waals surface area contributed by atoms with Gasteiger partial charge in [-0.2, -0.15) is 0 Å². The number of rotatable bonds is 7. The largest absolute Gasteiger partial charge is 0.493 e. The van der Waals surface area contributed by atoms with E-state index >= 15 is 0 Å². The summed E-state index contributed by atoms with van der Waals surface area (Å²) in [5.74, 6) is 1.01. The Morgan fingerprint density at radius 3 is 2.59 bits per heavy atom. The van der Waals surface area contributed by atoms with E-state index in [4.69, 9.17) is 9.47 Å². The Morgan fingerprint density at radius 1 is 1.33 bits per heavy atom. The summed E-state index contributed by atoms with van der Waals surface area (Å²) in [5, 5.41) is 19.7. The first kappa shape index (κ1) is 20.0. The van der Waals surface area contributed by atoms with E-state index in [1.807, 2.05) is 25.1 Å². The molecule has 27 heavy (non-hydrogen) atoms. The Morgan fingerprint density at radius 2 is 2.04 bits per heavy atom. The van der Waals surface area contributed by atoms with Crippen LogP contribution in [0.2, 0.25) is 0 Å². The first-order chi connectivity index (χ1) is 12.7. The Bertz CT molecular complexity index is 700. The lowest BCUT2D eigenvalue weighted by Gasteiger charge is -2.33. The van der Waals surface area contributed by atoms with Gasteiger partial charge in [-0.05, 0) is 37.5 Å². The molecule has 1 heterocycles. The minimum Gasteiger partial charge on any atom is -0.493 e. The molecular weight excluding hydrogens is 346 g/mol. The van der Waals surface area contributed by atoms with Crippen LogP contribution in [0.5, 0.6) is 11.5 Å². The highest BCUT2D eigenvalue weighted by atomic mass is 16.5. The average molecular weight is 377 g/mol. The van der Waals surface area contributed by atoms with Gasteiger partial charge in [0.25, 0.3) is 0 Å². The maximum absolute atomic E-state index is 12.0. The van der Waals surface area contributed by atoms with Gasteiger partial charge in [-0.1, -0.05) is 19.9 Å². The summed E-state index contributed by atoms with van der Waals surface area (Å²) in [7, 11) is 1.62. The van der Waals surface area contributed by atoms with E-state index in [0.29, 0.717) is 31.2 Å². The summed E-state index contributed by atoms with van der Waals surface area (Å²) in [6.45, 7) is 6.97. The first-order valence-corrected chi connectivity index (χ1v) is 9.60. The van der Waals surface area contributed by atoms with Crippen molar-refractivity contribution in [1.29, 1.82) is 0 Å². The van der Waals surface area contributed by atoms with E-state index in [1.165, 1.54) is 12.8 Å². The molecule has 1 amide bonds. The summed E-state index contributed by atoms with van der Waals surface area (Å²) in [4.78, 5) is 13.7. The summed E-state index contributed by atoms with van der Waals surface area (Å²) in [5.41, 5.74) is 0.759. The van der Waals surface area contributed by atoms with E-state index < -0.39 is 18.1 Å². The molecular formula is C21H31NO5. The standard InChI is InChI=1S/C21H31NO5/c1-14(24)21(3)12-22(19(25)11-23)10-16(21)15-5-6-17(26-4)18(9-15)27-13-20(2)7-8-20/h5-6,9,14,16,23-24H,7-8,10-13H2,1-4H3. The molecule has 3 rings (SSSR count). The number of benzene rings is 1. The Kier molecular flexibility index (Phi) is 5.41. The highest BCUT2D eigenvalue weighted by molar-refractivity contribution is 5.77. The minimum atomic E-state index is -0.601. The highest BCUT2D eigenvalue weighted by Crippen LogP contribution is 2.48. The number of nitrogens with zero attached hydrogens (tertiary/aromatic N) is 1. The first-order valence-electron chi connectivity index (χ1n) is 9.60. The second kappa shape index (κ2) is 7.32. The van der Waals surface area contributed by atoms with Crippen molar-refractivity contribution in [3.05, 3.63) is 23.8 Å². The number of carbonyl (C=O) groups is 1. The number of amides is 1. The molecule has 0 bridgehead atoms. The summed E-state index contributed by atoms with van der Waals surface area (Å²) < 4.78 is 11.5. The molecule has 1 aliphatic carbocycles. The fourth-order valence-corrected chi connectivity index (χ4v) is 3.85. The van der Waals surface area contributed by atoms with Crippen LogP contribution in [0.1, 0.15) is 45.1 Å². The molecule has 1 saturated heterocycles. The molecule has 3 atom stereocenters. The zero-order valence-electron chi connectivity index (χ0n) is 16.7. The van der Waals surface area contributed by atoms with Crippen molar-refractivity contribution in [2.45, 2.75) is 45.6 Å². The molecule has 6 nitrogen and oxygen atoms in total. The number of carbonyl (C=O) groups excluding carboxylic acids is 1. The Hall–Kier alpha value is -1.79. The van der Waals surface area contributed by atoms with Gasteiger partial charge in [0.2, 0.25) is 5.91 Å². The molecule has 1 aromatic rings. The zero-order chi connectivity index (χ0) is 19.8. The zero-order valence-corrected chi connectivity index (χ0v) is 16.7. The minimum absolute atomic E-state index is 0.0576. The van der Waals surface area contributed by atoms with Crippen molar-refractivity contribution in [2.24, 2.45) is 10.8 Å². The molecule has 150 valence electrons. The molecule has 0 spiro atoms. The number of hydrogen-bond acceptors (Lipinski definition) is 5. The van der Waals surface area contributed by atoms with Crippen LogP contribution < -0.4 is 9.47 Å². The third kappa shape index (κ3) is 3.92. The molecule has 3 unspecified atom stereocenters. The van der Waals surface area contributed by atoms with Crippen LogP contribution in [0.4, 0.5) is 0 Å². The predicted molar refractivity (Wildman–Crippen MR) is 102 cm³/mol. The second-order valence-corrected chi connectivity index (χ2v) is 8.68. The molecule has 1 aromatic carbocycles. The Balaban J connectivity index is 1.89. The molecule has 0 aromatic heterocycles. The van der Waals surface area contributed by atoms with Crippen LogP contribution in [0.3, 0.4) is 0 Å². The third-order valence-corrected chi connectivity index (χ3v) is 6.44. The van der Waals surface area contributed by atoms with Gasteiger partial charge in [0.1, 0.15) is 6.61 Å². The van der Waals surface area contributed by atoms with Crippen LogP contribution in [0.15, 0.2) is 18.2 Å². The van der Waals surface area contributed by atoms with Gasteiger partial charge in [0.05, 0.1) is 19.8 Å². The number of ether oxygens (including phenoxy) is 2. The average Bonchev–Trinajstić information content (AvgIpc) is 3.28. The molecule has 1 saturated carbocycles. The van der Waals surface area contributed by atoms with Crippen molar-refractivity contribution in [2.75, 3.05) is 33.4 Å². The van der Waals surface area contributed by atoms with E-state index in [2.05, 4.69) is 6.92 Å². The van der Waals surface area contributed by atoms with Crippen molar-refractivity contribution < 1.29 is 24.5 Å². The van der Waals surface area contributed by atoms with Crippen LogP contribution >= 0.6 is 0 Å². The van der Waals surface area contributed by atoms with Gasteiger partial charge in [-0.3, -0.25) is 4.79 Å². The maximum atomic E-state index is 12.0. The summed E-state index contributed by atoms with van der Waals surface area (Å²) >= 11 is 0. The topological polar surface area (TPSA) is 79.2 Å². The molecule has 2 aliphatic rings. The van der Waals surface area contributed by atoms with Crippen molar-refractivity contribution in [1.82, 2.24) is 4.90 Å². The second-order valence-electron chi connectivity index (χ2n) is 8.68. The van der Waals surface area contributed by atoms with Gasteiger partial charge in [0.15, 0.2) is 11.5 Å². The summed E-state index contributed by atoms with van der Waals surface area (Å²) in [6.07, 6.45) is 1.75. The number of aliphatic hydroxyl groups is 2. The molecule has 0 radical (unpaired) electrons. The lowest BCUT2D eigenvalue weighted by Crippen LogP contribution is -2.38.